The van der Waals surface area contributed by atoms with E-state index in [0.717, 1.165) is 0 Å². The number of hydrogen-bond donors (Lipinski definition) is 1. The van der Waals surface area contributed by atoms with Crippen LogP contribution in [0.2, 0.25) is 0 Å². The Morgan fingerprint density at radius 3 is 2.44 bits per heavy atom. The van der Waals surface area contributed by atoms with Gasteiger partial charge in [-0.25, -0.2) is 9.78 Å². The minimum absolute atomic E-state index is 0.0370. The lowest BCUT2D eigenvalue weighted by Gasteiger charge is -2.08. The zero-order valence-corrected chi connectivity index (χ0v) is 8.06. The first-order valence-electron chi connectivity index (χ1n) is 3.96. The zero-order valence-electron chi connectivity index (χ0n) is 8.06. The Labute approximate surface area is 94.8 Å². The topological polar surface area (TPSA) is 103 Å². The third-order valence-electron chi connectivity index (χ3n) is 1.53. The van der Waals surface area contributed by atoms with Crippen LogP contribution in [-0.4, -0.2) is 27.3 Å². The number of ether oxygens (including phenoxy) is 1. The van der Waals surface area contributed by atoms with E-state index >= 15 is 0 Å². The second kappa shape index (κ2) is 4.43. The molecule has 0 atom stereocenters. The highest BCUT2D eigenvalue weighted by Crippen LogP contribution is 2.28. The van der Waals surface area contributed by atoms with Gasteiger partial charge in [0.05, 0.1) is 11.0 Å². The van der Waals surface area contributed by atoms with Gasteiger partial charge in [-0.15, -0.1) is 13.2 Å². The van der Waals surface area contributed by atoms with E-state index in [1.165, 1.54) is 0 Å². The van der Waals surface area contributed by atoms with Gasteiger partial charge in [0.15, 0.2) is 5.69 Å². The lowest BCUT2D eigenvalue weighted by molar-refractivity contribution is -0.387. The van der Waals surface area contributed by atoms with Crippen molar-refractivity contribution in [2.75, 3.05) is 0 Å². The van der Waals surface area contributed by atoms with E-state index in [2.05, 4.69) is 9.72 Å². The molecule has 0 saturated heterocycles. The second-order valence-electron chi connectivity index (χ2n) is 2.75. The zero-order chi connectivity index (χ0) is 14.1. The quantitative estimate of drug-likeness (QED) is 0.509. The van der Waals surface area contributed by atoms with E-state index in [4.69, 9.17) is 5.11 Å². The van der Waals surface area contributed by atoms with Crippen LogP contribution < -0.4 is 4.74 Å². The van der Waals surface area contributed by atoms with Gasteiger partial charge in [-0.05, 0) is 0 Å². The first kappa shape index (κ1) is 13.6. The van der Waals surface area contributed by atoms with Gasteiger partial charge in [0.2, 0.25) is 11.7 Å². The van der Waals surface area contributed by atoms with Crippen LogP contribution in [0.3, 0.4) is 0 Å². The Balaban J connectivity index is 3.38. The number of pyridine rings is 1. The third-order valence-corrected chi connectivity index (χ3v) is 1.53. The molecule has 1 aromatic rings. The highest BCUT2D eigenvalue weighted by molar-refractivity contribution is 5.86. The van der Waals surface area contributed by atoms with Crippen molar-refractivity contribution in [2.24, 2.45) is 0 Å². The van der Waals surface area contributed by atoms with Crippen LogP contribution in [0.4, 0.5) is 23.2 Å². The van der Waals surface area contributed by atoms with Crippen LogP contribution in [0.5, 0.6) is 5.88 Å². The highest BCUT2D eigenvalue weighted by Gasteiger charge is 2.34. The SMILES string of the molecule is O=C(O)c1nc(OC(F)(F)F)cc([N+](=O)[O-])c1F. The monoisotopic (exact) mass is 270 g/mol. The van der Waals surface area contributed by atoms with Gasteiger partial charge in [0.1, 0.15) is 0 Å². The van der Waals surface area contributed by atoms with Crippen molar-refractivity contribution in [1.29, 1.82) is 0 Å². The van der Waals surface area contributed by atoms with Gasteiger partial charge >= 0.3 is 18.0 Å². The molecule has 0 aliphatic rings. The van der Waals surface area contributed by atoms with Gasteiger partial charge < -0.3 is 9.84 Å². The first-order valence-corrected chi connectivity index (χ1v) is 3.96. The summed E-state index contributed by atoms with van der Waals surface area (Å²) in [6.07, 6.45) is -5.24. The molecule has 0 aromatic carbocycles. The standard InChI is InChI=1S/C7H2F4N2O5/c8-4-2(13(16)17)1-3(18-7(9,10)11)12-5(4)6(14)15/h1H,(H,14,15). The Hall–Kier alpha value is -2.46. The largest absolute Gasteiger partial charge is 0.574 e. The molecule has 0 aliphatic carbocycles. The average molecular weight is 270 g/mol. The molecule has 0 unspecified atom stereocenters. The van der Waals surface area contributed by atoms with Gasteiger partial charge in [-0.3, -0.25) is 10.1 Å². The summed E-state index contributed by atoms with van der Waals surface area (Å²) < 4.78 is 51.9. The highest BCUT2D eigenvalue weighted by atomic mass is 19.4. The number of alkyl halides is 3. The van der Waals surface area contributed by atoms with Crippen molar-refractivity contribution >= 4 is 11.7 Å². The summed E-state index contributed by atoms with van der Waals surface area (Å²) in [5.41, 5.74) is -3.02. The molecule has 0 spiro atoms. The number of rotatable bonds is 3. The molecule has 0 bridgehead atoms. The summed E-state index contributed by atoms with van der Waals surface area (Å²) in [6, 6.07) is 0.0370. The minimum Gasteiger partial charge on any atom is -0.476 e. The second-order valence-corrected chi connectivity index (χ2v) is 2.75. The van der Waals surface area contributed by atoms with Crippen molar-refractivity contribution in [1.82, 2.24) is 4.98 Å². The Bertz CT molecular complexity index is 480. The van der Waals surface area contributed by atoms with E-state index in [9.17, 15) is 32.5 Å². The molecule has 0 aliphatic heterocycles. The summed E-state index contributed by atoms with van der Waals surface area (Å²) in [5.74, 6) is -5.36. The fraction of sp³-hybridized carbons (Fsp3) is 0.143. The van der Waals surface area contributed by atoms with E-state index in [1.54, 1.807) is 0 Å². The average Bonchev–Trinajstić information content (AvgIpc) is 2.17. The van der Waals surface area contributed by atoms with Crippen molar-refractivity contribution < 1.29 is 37.1 Å². The number of carbonyl (C=O) groups is 1. The van der Waals surface area contributed by atoms with Crippen LogP contribution in [0, 0.1) is 15.9 Å². The Morgan fingerprint density at radius 1 is 1.50 bits per heavy atom. The number of hydrogen-bond acceptors (Lipinski definition) is 5. The molecule has 1 aromatic heterocycles. The molecule has 0 saturated carbocycles. The number of carboxylic acid groups (broad SMARTS) is 1. The van der Waals surface area contributed by atoms with E-state index in [0.29, 0.717) is 0 Å². The predicted octanol–water partition coefficient (Wildman–Crippen LogP) is 1.73. The summed E-state index contributed by atoms with van der Waals surface area (Å²) in [4.78, 5) is 22.1. The molecule has 1 heterocycles. The summed E-state index contributed by atoms with van der Waals surface area (Å²) in [6.45, 7) is 0. The van der Waals surface area contributed by atoms with E-state index in [-0.39, 0.29) is 6.07 Å². The first-order chi connectivity index (χ1) is 8.11. The fourth-order valence-corrected chi connectivity index (χ4v) is 0.939. The van der Waals surface area contributed by atoms with Crippen LogP contribution in [0.25, 0.3) is 0 Å². The van der Waals surface area contributed by atoms with Crippen molar-refractivity contribution in [3.63, 3.8) is 0 Å². The number of nitrogens with zero attached hydrogens (tertiary/aromatic N) is 2. The van der Waals surface area contributed by atoms with E-state index in [1.807, 2.05) is 0 Å². The normalized spacial score (nSPS) is 11.1. The van der Waals surface area contributed by atoms with Crippen LogP contribution in [-0.2, 0) is 0 Å². The van der Waals surface area contributed by atoms with Crippen molar-refractivity contribution in [2.45, 2.75) is 6.36 Å². The number of halogens is 4. The summed E-state index contributed by atoms with van der Waals surface area (Å²) >= 11 is 0. The lowest BCUT2D eigenvalue weighted by Crippen LogP contribution is -2.19. The van der Waals surface area contributed by atoms with E-state index < -0.39 is 40.3 Å². The Morgan fingerprint density at radius 2 is 2.06 bits per heavy atom. The lowest BCUT2D eigenvalue weighted by atomic mass is 10.3. The molecular formula is C7H2F4N2O5. The fourth-order valence-electron chi connectivity index (χ4n) is 0.939. The van der Waals surface area contributed by atoms with Crippen LogP contribution in [0.1, 0.15) is 10.5 Å². The molecule has 7 nitrogen and oxygen atoms in total. The molecule has 0 radical (unpaired) electrons. The molecular weight excluding hydrogens is 268 g/mol. The van der Waals surface area contributed by atoms with Crippen LogP contribution >= 0.6 is 0 Å². The number of nitro groups is 1. The minimum atomic E-state index is -5.24. The molecule has 0 amide bonds. The number of aromatic nitrogens is 1. The maximum absolute atomic E-state index is 13.2. The summed E-state index contributed by atoms with van der Waals surface area (Å²) in [7, 11) is 0. The number of carboxylic acids is 1. The summed E-state index contributed by atoms with van der Waals surface area (Å²) in [5, 5.41) is 18.8. The molecule has 98 valence electrons. The van der Waals surface area contributed by atoms with Crippen LogP contribution in [0.15, 0.2) is 6.07 Å². The molecule has 0 fully saturated rings. The maximum atomic E-state index is 13.2. The van der Waals surface area contributed by atoms with Crippen molar-refractivity contribution in [3.05, 3.63) is 27.7 Å². The molecule has 11 heteroatoms. The molecule has 1 rings (SSSR count). The third kappa shape index (κ3) is 3.02. The smallest absolute Gasteiger partial charge is 0.476 e. The van der Waals surface area contributed by atoms with Gasteiger partial charge in [0, 0.05) is 0 Å². The van der Waals surface area contributed by atoms with Gasteiger partial charge in [-0.1, -0.05) is 0 Å². The Kier molecular flexibility index (Phi) is 3.35. The van der Waals surface area contributed by atoms with Crippen molar-refractivity contribution in [3.8, 4) is 5.88 Å². The van der Waals surface area contributed by atoms with Gasteiger partial charge in [0.25, 0.3) is 0 Å². The maximum Gasteiger partial charge on any atom is 0.574 e. The number of aromatic carboxylic acids is 1. The molecule has 18 heavy (non-hydrogen) atoms. The van der Waals surface area contributed by atoms with Gasteiger partial charge in [-0.2, -0.15) is 4.39 Å². The molecule has 1 N–H and O–H groups in total. The predicted molar refractivity (Wildman–Crippen MR) is 44.5 cm³/mol.